The van der Waals surface area contributed by atoms with Crippen molar-refractivity contribution in [2.24, 2.45) is 0 Å². The van der Waals surface area contributed by atoms with Crippen LogP contribution in [0.1, 0.15) is 96.8 Å². The average molecular weight is 656 g/mol. The molecule has 3 saturated carbocycles. The van der Waals surface area contributed by atoms with Crippen LogP contribution in [0.2, 0.25) is 0 Å². The molecule has 240 valence electrons. The van der Waals surface area contributed by atoms with E-state index in [4.69, 9.17) is 4.98 Å². The van der Waals surface area contributed by atoms with E-state index in [1.54, 1.807) is 11.3 Å². The SMILES string of the molecule is CCc1nc(NC(=O)Cc2cccc(NC3CC3)c2)sc1C1CCCC(c2nnc(NC(=O)Cc3cccc(NC4CC4)c3)s2)C1. The molecular formula is C35H41N7O2S2. The first-order chi connectivity index (χ1) is 22.5. The molecule has 0 saturated heterocycles. The lowest BCUT2D eigenvalue weighted by Crippen LogP contribution is -2.14. The highest BCUT2D eigenvalue weighted by molar-refractivity contribution is 7.16. The number of benzene rings is 2. The van der Waals surface area contributed by atoms with Crippen molar-refractivity contribution in [3.63, 3.8) is 0 Å². The molecule has 2 unspecified atom stereocenters. The molecule has 3 aliphatic carbocycles. The van der Waals surface area contributed by atoms with Crippen molar-refractivity contribution in [2.75, 3.05) is 21.3 Å². The minimum Gasteiger partial charge on any atom is -0.382 e. The topological polar surface area (TPSA) is 121 Å². The van der Waals surface area contributed by atoms with Crippen molar-refractivity contribution in [3.05, 3.63) is 75.2 Å². The van der Waals surface area contributed by atoms with Gasteiger partial charge in [-0.05, 0) is 92.7 Å². The third-order valence-corrected chi connectivity index (χ3v) is 11.0. The molecule has 3 fully saturated rings. The summed E-state index contributed by atoms with van der Waals surface area (Å²) in [5.74, 6) is 0.523. The molecule has 46 heavy (non-hydrogen) atoms. The summed E-state index contributed by atoms with van der Waals surface area (Å²) in [6, 6.07) is 17.4. The fourth-order valence-corrected chi connectivity index (χ4v) is 8.38. The predicted molar refractivity (Wildman–Crippen MR) is 186 cm³/mol. The van der Waals surface area contributed by atoms with E-state index < -0.39 is 0 Å². The highest BCUT2D eigenvalue weighted by atomic mass is 32.1. The van der Waals surface area contributed by atoms with Gasteiger partial charge in [-0.15, -0.1) is 21.5 Å². The van der Waals surface area contributed by atoms with Crippen LogP contribution in [-0.4, -0.2) is 39.1 Å². The fourth-order valence-electron chi connectivity index (χ4n) is 6.26. The summed E-state index contributed by atoms with van der Waals surface area (Å²) in [5.41, 5.74) is 5.20. The quantitative estimate of drug-likeness (QED) is 0.118. The Bertz CT molecular complexity index is 1690. The van der Waals surface area contributed by atoms with Crippen molar-refractivity contribution in [2.45, 2.75) is 101 Å². The Morgan fingerprint density at radius 3 is 1.98 bits per heavy atom. The van der Waals surface area contributed by atoms with Gasteiger partial charge >= 0.3 is 0 Å². The van der Waals surface area contributed by atoms with Gasteiger partial charge in [-0.25, -0.2) is 4.98 Å². The summed E-state index contributed by atoms with van der Waals surface area (Å²) in [6.07, 6.45) is 10.5. The number of carbonyl (C=O) groups excluding carboxylic acids is 2. The van der Waals surface area contributed by atoms with Gasteiger partial charge in [0.1, 0.15) is 5.01 Å². The van der Waals surface area contributed by atoms with Crippen molar-refractivity contribution in [1.82, 2.24) is 15.2 Å². The molecule has 2 aromatic carbocycles. The van der Waals surface area contributed by atoms with Crippen molar-refractivity contribution >= 4 is 56.1 Å². The summed E-state index contributed by atoms with van der Waals surface area (Å²) < 4.78 is 0. The average Bonchev–Trinajstić information content (AvgIpc) is 3.96. The number of nitrogens with one attached hydrogen (secondary N) is 4. The van der Waals surface area contributed by atoms with Gasteiger partial charge in [0, 0.05) is 34.3 Å². The smallest absolute Gasteiger partial charge is 0.230 e. The molecule has 2 aromatic heterocycles. The second-order valence-corrected chi connectivity index (χ2v) is 14.9. The molecule has 4 aromatic rings. The van der Waals surface area contributed by atoms with Crippen LogP contribution in [0.5, 0.6) is 0 Å². The maximum Gasteiger partial charge on any atom is 0.230 e. The molecule has 7 rings (SSSR count). The number of anilines is 4. The Kier molecular flexibility index (Phi) is 9.30. The minimum absolute atomic E-state index is 0.0425. The Hall–Kier alpha value is -3.83. The van der Waals surface area contributed by atoms with Crippen molar-refractivity contribution in [3.8, 4) is 0 Å². The monoisotopic (exact) mass is 655 g/mol. The van der Waals surface area contributed by atoms with Gasteiger partial charge in [-0.1, -0.05) is 48.9 Å². The van der Waals surface area contributed by atoms with Crippen molar-refractivity contribution in [1.29, 1.82) is 0 Å². The molecule has 4 N–H and O–H groups in total. The lowest BCUT2D eigenvalue weighted by molar-refractivity contribution is -0.116. The van der Waals surface area contributed by atoms with E-state index in [0.717, 1.165) is 65.3 Å². The number of amides is 2. The normalized spacial score (nSPS) is 19.4. The highest BCUT2D eigenvalue weighted by Crippen LogP contribution is 2.45. The van der Waals surface area contributed by atoms with Gasteiger partial charge in [-0.2, -0.15) is 0 Å². The largest absolute Gasteiger partial charge is 0.382 e. The minimum atomic E-state index is -0.0813. The molecule has 0 radical (unpaired) electrons. The summed E-state index contributed by atoms with van der Waals surface area (Å²) >= 11 is 3.11. The zero-order valence-electron chi connectivity index (χ0n) is 26.2. The zero-order chi connectivity index (χ0) is 31.5. The summed E-state index contributed by atoms with van der Waals surface area (Å²) in [5, 5.41) is 24.1. The number of hydrogen-bond donors (Lipinski definition) is 4. The Morgan fingerprint density at radius 2 is 1.37 bits per heavy atom. The third-order valence-electron chi connectivity index (χ3n) is 8.87. The Morgan fingerprint density at radius 1 is 0.761 bits per heavy atom. The van der Waals surface area contributed by atoms with Crippen LogP contribution in [0.3, 0.4) is 0 Å². The fraction of sp³-hybridized carbons (Fsp3) is 0.457. The third kappa shape index (κ3) is 8.11. The summed E-state index contributed by atoms with van der Waals surface area (Å²) in [4.78, 5) is 31.9. The van der Waals surface area contributed by atoms with E-state index in [0.29, 0.717) is 41.1 Å². The Balaban J connectivity index is 0.943. The van der Waals surface area contributed by atoms with Gasteiger partial charge in [-0.3, -0.25) is 9.59 Å². The van der Waals surface area contributed by atoms with E-state index in [-0.39, 0.29) is 17.7 Å². The molecular weight excluding hydrogens is 615 g/mol. The van der Waals surface area contributed by atoms with Gasteiger partial charge in [0.05, 0.1) is 18.5 Å². The molecule has 0 aliphatic heterocycles. The molecule has 0 bridgehead atoms. The lowest BCUT2D eigenvalue weighted by atomic mass is 9.80. The molecule has 2 amide bonds. The maximum atomic E-state index is 13.0. The van der Waals surface area contributed by atoms with Crippen LogP contribution in [0.4, 0.5) is 21.6 Å². The van der Waals surface area contributed by atoms with E-state index in [9.17, 15) is 9.59 Å². The van der Waals surface area contributed by atoms with Gasteiger partial charge in [0.2, 0.25) is 16.9 Å². The van der Waals surface area contributed by atoms with Crippen LogP contribution in [0.15, 0.2) is 48.5 Å². The number of rotatable bonds is 13. The van der Waals surface area contributed by atoms with Crippen LogP contribution < -0.4 is 21.3 Å². The molecule has 3 aliphatic rings. The molecule has 2 atom stereocenters. The van der Waals surface area contributed by atoms with Gasteiger partial charge in [0.15, 0.2) is 5.13 Å². The summed E-state index contributed by atoms with van der Waals surface area (Å²) in [6.45, 7) is 2.13. The van der Waals surface area contributed by atoms with Gasteiger partial charge < -0.3 is 21.3 Å². The first-order valence-electron chi connectivity index (χ1n) is 16.6. The van der Waals surface area contributed by atoms with E-state index in [2.05, 4.69) is 62.7 Å². The van der Waals surface area contributed by atoms with Gasteiger partial charge in [0.25, 0.3) is 0 Å². The molecule has 11 heteroatoms. The standard InChI is InChI=1S/C35H41N7O2S2/c1-2-29-32(45-34(38-29)39-30(43)18-21-6-3-10-27(16-21)36-25-12-13-25)23-8-5-9-24(20-23)33-41-42-35(46-33)40-31(44)19-22-7-4-11-28(17-22)37-26-14-15-26/h3-4,6-7,10-11,16-17,23-26,36-37H,2,5,8-9,12-15,18-20H2,1H3,(H,38,39,43)(H,40,42,44). The molecule has 0 spiro atoms. The number of aromatic nitrogens is 3. The Labute approximate surface area is 278 Å². The van der Waals surface area contributed by atoms with Crippen LogP contribution >= 0.6 is 22.7 Å². The number of carbonyl (C=O) groups is 2. The zero-order valence-corrected chi connectivity index (χ0v) is 27.8. The highest BCUT2D eigenvalue weighted by Gasteiger charge is 2.30. The molecule has 9 nitrogen and oxygen atoms in total. The first-order valence-corrected chi connectivity index (χ1v) is 18.2. The number of nitrogens with zero attached hydrogens (tertiary/aromatic N) is 3. The maximum absolute atomic E-state index is 13.0. The van der Waals surface area contributed by atoms with Crippen LogP contribution in [-0.2, 0) is 28.9 Å². The first kappa shape index (κ1) is 30.8. The van der Waals surface area contributed by atoms with E-state index in [1.165, 1.54) is 41.9 Å². The van der Waals surface area contributed by atoms with Crippen LogP contribution in [0.25, 0.3) is 0 Å². The second-order valence-electron chi connectivity index (χ2n) is 12.9. The number of aryl methyl sites for hydroxylation is 1. The second kappa shape index (κ2) is 13.9. The number of thiazole rings is 1. The van der Waals surface area contributed by atoms with Crippen LogP contribution in [0, 0.1) is 0 Å². The summed E-state index contributed by atoms with van der Waals surface area (Å²) in [7, 11) is 0. The van der Waals surface area contributed by atoms with E-state index >= 15 is 0 Å². The van der Waals surface area contributed by atoms with Crippen molar-refractivity contribution < 1.29 is 9.59 Å². The lowest BCUT2D eigenvalue weighted by Gasteiger charge is -2.27. The molecule has 2 heterocycles. The number of hydrogen-bond acceptors (Lipinski definition) is 9. The predicted octanol–water partition coefficient (Wildman–Crippen LogP) is 7.51. The van der Waals surface area contributed by atoms with E-state index in [1.807, 2.05) is 24.3 Å².